The number of likely N-dealkylation sites (N-methyl/N-ethyl adjacent to an activating group) is 1. The summed E-state index contributed by atoms with van der Waals surface area (Å²) in [5.74, 6) is 0. The SMILES string of the molecule is CCN1CCCC(N)C1c1cccc(Cl)c1. The number of likely N-dealkylation sites (tertiary alicyclic amines) is 1. The number of rotatable bonds is 2. The minimum atomic E-state index is 0.229. The first-order valence-electron chi connectivity index (χ1n) is 5.97. The molecule has 0 spiro atoms. The van der Waals surface area contributed by atoms with Crippen molar-refractivity contribution in [2.24, 2.45) is 5.73 Å². The maximum atomic E-state index is 6.24. The van der Waals surface area contributed by atoms with Gasteiger partial charge in [0.2, 0.25) is 0 Å². The number of piperidine rings is 1. The Bertz CT molecular complexity index is 354. The predicted octanol–water partition coefficient (Wildman–Crippen LogP) is 2.82. The van der Waals surface area contributed by atoms with E-state index in [-0.39, 0.29) is 6.04 Å². The molecule has 1 aromatic carbocycles. The maximum absolute atomic E-state index is 6.24. The van der Waals surface area contributed by atoms with Gasteiger partial charge in [0.25, 0.3) is 0 Å². The molecule has 2 N–H and O–H groups in total. The summed E-state index contributed by atoms with van der Waals surface area (Å²) >= 11 is 6.04. The van der Waals surface area contributed by atoms with Crippen molar-refractivity contribution in [2.75, 3.05) is 13.1 Å². The molecule has 2 rings (SSSR count). The van der Waals surface area contributed by atoms with Crippen molar-refractivity contribution in [1.29, 1.82) is 0 Å². The van der Waals surface area contributed by atoms with E-state index in [4.69, 9.17) is 17.3 Å². The van der Waals surface area contributed by atoms with Gasteiger partial charge in [0.1, 0.15) is 0 Å². The molecule has 1 saturated heterocycles. The summed E-state index contributed by atoms with van der Waals surface area (Å²) in [5, 5.41) is 0.798. The van der Waals surface area contributed by atoms with Crippen LogP contribution in [0.25, 0.3) is 0 Å². The van der Waals surface area contributed by atoms with Gasteiger partial charge in [-0.25, -0.2) is 0 Å². The lowest BCUT2D eigenvalue weighted by atomic mass is 9.91. The van der Waals surface area contributed by atoms with E-state index in [2.05, 4.69) is 17.9 Å². The lowest BCUT2D eigenvalue weighted by Crippen LogP contribution is -2.45. The zero-order valence-electron chi connectivity index (χ0n) is 9.70. The van der Waals surface area contributed by atoms with E-state index in [1.54, 1.807) is 0 Å². The fraction of sp³-hybridized carbons (Fsp3) is 0.538. The Morgan fingerprint density at radius 2 is 2.31 bits per heavy atom. The van der Waals surface area contributed by atoms with Gasteiger partial charge in [0, 0.05) is 17.1 Å². The molecule has 16 heavy (non-hydrogen) atoms. The van der Waals surface area contributed by atoms with Crippen LogP contribution in [0.15, 0.2) is 24.3 Å². The molecule has 2 nitrogen and oxygen atoms in total. The summed E-state index contributed by atoms with van der Waals surface area (Å²) in [6.07, 6.45) is 2.31. The zero-order chi connectivity index (χ0) is 11.5. The zero-order valence-corrected chi connectivity index (χ0v) is 10.5. The van der Waals surface area contributed by atoms with E-state index in [1.165, 1.54) is 12.0 Å². The van der Waals surface area contributed by atoms with Gasteiger partial charge >= 0.3 is 0 Å². The highest BCUT2D eigenvalue weighted by molar-refractivity contribution is 6.30. The third kappa shape index (κ3) is 2.40. The van der Waals surface area contributed by atoms with Gasteiger partial charge < -0.3 is 5.73 Å². The molecule has 0 aliphatic carbocycles. The number of halogens is 1. The van der Waals surface area contributed by atoms with Crippen LogP contribution in [-0.2, 0) is 0 Å². The molecular formula is C13H19ClN2. The molecule has 2 unspecified atom stereocenters. The molecule has 3 heteroatoms. The monoisotopic (exact) mass is 238 g/mol. The van der Waals surface area contributed by atoms with Crippen molar-refractivity contribution in [1.82, 2.24) is 4.90 Å². The molecule has 0 saturated carbocycles. The van der Waals surface area contributed by atoms with Gasteiger partial charge in [-0.15, -0.1) is 0 Å². The third-order valence-corrected chi connectivity index (χ3v) is 3.61. The lowest BCUT2D eigenvalue weighted by molar-refractivity contribution is 0.136. The number of hydrogen-bond donors (Lipinski definition) is 1. The lowest BCUT2D eigenvalue weighted by Gasteiger charge is -2.39. The third-order valence-electron chi connectivity index (χ3n) is 3.38. The number of benzene rings is 1. The van der Waals surface area contributed by atoms with E-state index >= 15 is 0 Å². The van der Waals surface area contributed by atoms with Crippen LogP contribution in [0.1, 0.15) is 31.4 Å². The van der Waals surface area contributed by atoms with Crippen LogP contribution in [0.5, 0.6) is 0 Å². The Morgan fingerprint density at radius 1 is 1.50 bits per heavy atom. The Kier molecular flexibility index (Phi) is 3.85. The van der Waals surface area contributed by atoms with E-state index in [9.17, 15) is 0 Å². The second-order valence-corrected chi connectivity index (χ2v) is 4.87. The summed E-state index contributed by atoms with van der Waals surface area (Å²) in [6, 6.07) is 8.65. The van der Waals surface area contributed by atoms with Crippen LogP contribution in [-0.4, -0.2) is 24.0 Å². The van der Waals surface area contributed by atoms with Crippen LogP contribution >= 0.6 is 11.6 Å². The Morgan fingerprint density at radius 3 is 3.00 bits per heavy atom. The predicted molar refractivity (Wildman–Crippen MR) is 68.6 cm³/mol. The quantitative estimate of drug-likeness (QED) is 0.859. The molecule has 0 bridgehead atoms. The maximum Gasteiger partial charge on any atom is 0.0499 e. The first kappa shape index (κ1) is 11.9. The molecular weight excluding hydrogens is 220 g/mol. The molecule has 1 heterocycles. The largest absolute Gasteiger partial charge is 0.326 e. The highest BCUT2D eigenvalue weighted by Crippen LogP contribution is 2.30. The van der Waals surface area contributed by atoms with E-state index in [0.717, 1.165) is 24.5 Å². The molecule has 1 aromatic rings. The number of hydrogen-bond acceptors (Lipinski definition) is 2. The van der Waals surface area contributed by atoms with Crippen molar-refractivity contribution in [2.45, 2.75) is 31.8 Å². The standard InChI is InChI=1S/C13H19ClN2/c1-2-16-8-4-7-12(15)13(16)10-5-3-6-11(14)9-10/h3,5-6,9,12-13H,2,4,7-8,15H2,1H3. The first-order valence-corrected chi connectivity index (χ1v) is 6.35. The van der Waals surface area contributed by atoms with Gasteiger partial charge in [-0.05, 0) is 43.6 Å². The number of nitrogens with two attached hydrogens (primary N) is 1. The minimum Gasteiger partial charge on any atom is -0.326 e. The van der Waals surface area contributed by atoms with Gasteiger partial charge in [-0.2, -0.15) is 0 Å². The van der Waals surface area contributed by atoms with Crippen LogP contribution < -0.4 is 5.73 Å². The van der Waals surface area contributed by atoms with Crippen LogP contribution in [0.2, 0.25) is 5.02 Å². The van der Waals surface area contributed by atoms with E-state index in [1.807, 2.05) is 18.2 Å². The molecule has 88 valence electrons. The summed E-state index contributed by atoms with van der Waals surface area (Å²) < 4.78 is 0. The highest BCUT2D eigenvalue weighted by Gasteiger charge is 2.29. The first-order chi connectivity index (χ1) is 7.72. The molecule has 0 amide bonds. The minimum absolute atomic E-state index is 0.229. The molecule has 1 fully saturated rings. The Hall–Kier alpha value is -0.570. The Balaban J connectivity index is 2.28. The summed E-state index contributed by atoms with van der Waals surface area (Å²) in [6.45, 7) is 4.38. The average molecular weight is 239 g/mol. The summed E-state index contributed by atoms with van der Waals surface area (Å²) in [5.41, 5.74) is 7.49. The van der Waals surface area contributed by atoms with Crippen molar-refractivity contribution in [3.63, 3.8) is 0 Å². The molecule has 0 radical (unpaired) electrons. The topological polar surface area (TPSA) is 29.3 Å². The van der Waals surface area contributed by atoms with Gasteiger partial charge in [0.15, 0.2) is 0 Å². The summed E-state index contributed by atoms with van der Waals surface area (Å²) in [7, 11) is 0. The van der Waals surface area contributed by atoms with Crippen LogP contribution in [0, 0.1) is 0 Å². The number of nitrogens with zero attached hydrogens (tertiary/aromatic N) is 1. The second kappa shape index (κ2) is 5.17. The van der Waals surface area contributed by atoms with Crippen LogP contribution in [0.3, 0.4) is 0 Å². The summed E-state index contributed by atoms with van der Waals surface area (Å²) in [4.78, 5) is 2.44. The van der Waals surface area contributed by atoms with E-state index < -0.39 is 0 Å². The van der Waals surface area contributed by atoms with Gasteiger partial charge in [0.05, 0.1) is 0 Å². The molecule has 2 atom stereocenters. The van der Waals surface area contributed by atoms with Crippen LogP contribution in [0.4, 0.5) is 0 Å². The molecule has 1 aliphatic heterocycles. The normalized spacial score (nSPS) is 26.9. The average Bonchev–Trinajstić information content (AvgIpc) is 2.28. The van der Waals surface area contributed by atoms with Gasteiger partial charge in [-0.1, -0.05) is 30.7 Å². The van der Waals surface area contributed by atoms with Crippen molar-refractivity contribution in [3.8, 4) is 0 Å². The van der Waals surface area contributed by atoms with E-state index in [0.29, 0.717) is 6.04 Å². The second-order valence-electron chi connectivity index (χ2n) is 4.43. The smallest absolute Gasteiger partial charge is 0.0499 e. The van der Waals surface area contributed by atoms with Crippen molar-refractivity contribution >= 4 is 11.6 Å². The van der Waals surface area contributed by atoms with Crippen molar-refractivity contribution in [3.05, 3.63) is 34.9 Å². The molecule has 1 aliphatic rings. The van der Waals surface area contributed by atoms with Gasteiger partial charge in [-0.3, -0.25) is 4.90 Å². The fourth-order valence-corrected chi connectivity index (χ4v) is 2.80. The Labute approximate surface area is 102 Å². The fourth-order valence-electron chi connectivity index (χ4n) is 2.60. The van der Waals surface area contributed by atoms with Crippen molar-refractivity contribution < 1.29 is 0 Å². The molecule has 0 aromatic heterocycles. The highest BCUT2D eigenvalue weighted by atomic mass is 35.5.